The van der Waals surface area contributed by atoms with E-state index in [4.69, 9.17) is 4.74 Å². The van der Waals surface area contributed by atoms with Gasteiger partial charge in [-0.2, -0.15) is 10.5 Å². The first-order valence-electron chi connectivity index (χ1n) is 9.29. The van der Waals surface area contributed by atoms with Gasteiger partial charge in [-0.3, -0.25) is 0 Å². The molecule has 0 amide bonds. The van der Waals surface area contributed by atoms with Gasteiger partial charge in [0.15, 0.2) is 17.4 Å². The van der Waals surface area contributed by atoms with Crippen LogP contribution < -0.4 is 4.74 Å². The zero-order chi connectivity index (χ0) is 22.0. The summed E-state index contributed by atoms with van der Waals surface area (Å²) in [5.74, 6) is -2.15. The molecule has 0 spiro atoms. The Kier molecular flexibility index (Phi) is 5.58. The molecule has 0 unspecified atom stereocenters. The predicted molar refractivity (Wildman–Crippen MR) is 115 cm³/mol. The van der Waals surface area contributed by atoms with Crippen molar-refractivity contribution >= 4 is 22.5 Å². The van der Waals surface area contributed by atoms with Gasteiger partial charge >= 0.3 is 0 Å². The molecule has 0 aliphatic heterocycles. The fraction of sp³-hybridized carbons (Fsp3) is 0.0400. The second-order valence-corrected chi connectivity index (χ2v) is 7.76. The van der Waals surface area contributed by atoms with E-state index in [1.807, 2.05) is 49.4 Å². The number of fused-ring (bicyclic) bond motifs is 1. The Balaban J connectivity index is 1.95. The van der Waals surface area contributed by atoms with Gasteiger partial charge in [0.25, 0.3) is 0 Å². The lowest BCUT2D eigenvalue weighted by atomic mass is 10.1. The van der Waals surface area contributed by atoms with Crippen molar-refractivity contribution in [3.05, 3.63) is 95.1 Å². The highest BCUT2D eigenvalue weighted by atomic mass is 32.2. The first-order valence-corrected chi connectivity index (χ1v) is 10.1. The third-order valence-corrected chi connectivity index (χ3v) is 6.03. The van der Waals surface area contributed by atoms with Crippen molar-refractivity contribution in [1.29, 1.82) is 10.5 Å². The zero-order valence-electron chi connectivity index (χ0n) is 16.3. The molecule has 0 atom stereocenters. The SMILES string of the molecule is Cc1ccccc1Sc1c(F)c(C#N)c(C#N)c(F)c1Oc1cccc2ccccc12. The molecule has 0 heterocycles. The molecule has 0 aromatic heterocycles. The number of rotatable bonds is 4. The number of hydrogen-bond donors (Lipinski definition) is 0. The minimum atomic E-state index is -1.07. The summed E-state index contributed by atoms with van der Waals surface area (Å²) in [6, 6.07) is 23.1. The molecular weight excluding hydrogens is 414 g/mol. The van der Waals surface area contributed by atoms with Crippen LogP contribution in [0.1, 0.15) is 16.7 Å². The quantitative estimate of drug-likeness (QED) is 0.347. The molecule has 150 valence electrons. The smallest absolute Gasteiger partial charge is 0.186 e. The topological polar surface area (TPSA) is 56.8 Å². The van der Waals surface area contributed by atoms with Crippen LogP contribution in [0.3, 0.4) is 0 Å². The lowest BCUT2D eigenvalue weighted by molar-refractivity contribution is 0.421. The van der Waals surface area contributed by atoms with Crippen molar-refractivity contribution in [2.45, 2.75) is 16.7 Å². The van der Waals surface area contributed by atoms with Crippen LogP contribution in [0, 0.1) is 41.2 Å². The van der Waals surface area contributed by atoms with Gasteiger partial charge in [-0.05, 0) is 30.0 Å². The number of aryl methyl sites for hydroxylation is 1. The Morgan fingerprint density at radius 3 is 2.19 bits per heavy atom. The van der Waals surface area contributed by atoms with E-state index in [9.17, 15) is 10.5 Å². The number of nitrogens with zero attached hydrogens (tertiary/aromatic N) is 2. The Morgan fingerprint density at radius 2 is 1.45 bits per heavy atom. The summed E-state index contributed by atoms with van der Waals surface area (Å²) in [5.41, 5.74) is -0.461. The van der Waals surface area contributed by atoms with Gasteiger partial charge in [0, 0.05) is 10.3 Å². The first kappa shape index (κ1) is 20.4. The van der Waals surface area contributed by atoms with Gasteiger partial charge in [0.1, 0.15) is 29.0 Å². The molecule has 0 fully saturated rings. The largest absolute Gasteiger partial charge is 0.452 e. The molecule has 4 aromatic carbocycles. The van der Waals surface area contributed by atoms with Crippen LogP contribution in [0.25, 0.3) is 10.8 Å². The average molecular weight is 428 g/mol. The van der Waals surface area contributed by atoms with E-state index in [0.29, 0.717) is 16.0 Å². The Morgan fingerprint density at radius 1 is 0.806 bits per heavy atom. The van der Waals surface area contributed by atoms with Gasteiger partial charge in [-0.1, -0.05) is 66.4 Å². The third kappa shape index (κ3) is 3.70. The summed E-state index contributed by atoms with van der Waals surface area (Å²) >= 11 is 0.954. The molecule has 31 heavy (non-hydrogen) atoms. The second kappa shape index (κ2) is 8.47. The van der Waals surface area contributed by atoms with Crippen molar-refractivity contribution in [2.24, 2.45) is 0 Å². The molecular formula is C25H14F2N2OS. The van der Waals surface area contributed by atoms with E-state index < -0.39 is 28.5 Å². The van der Waals surface area contributed by atoms with Crippen LogP contribution >= 0.6 is 11.8 Å². The minimum Gasteiger partial charge on any atom is -0.452 e. The van der Waals surface area contributed by atoms with Crippen molar-refractivity contribution in [1.82, 2.24) is 0 Å². The number of halogens is 2. The Labute approximate surface area is 182 Å². The van der Waals surface area contributed by atoms with Crippen LogP contribution in [0.5, 0.6) is 11.5 Å². The Hall–Kier alpha value is -3.87. The summed E-state index contributed by atoms with van der Waals surface area (Å²) in [5, 5.41) is 20.3. The standard InChI is InChI=1S/C25H14F2N2OS/c1-15-7-2-5-12-21(15)31-25-23(27)19(14-29)18(13-28)22(26)24(25)30-20-11-6-9-16-8-3-4-10-17(16)20/h2-12H,1H3. The summed E-state index contributed by atoms with van der Waals surface area (Å²) < 4.78 is 36.6. The minimum absolute atomic E-state index is 0.185. The molecule has 0 N–H and O–H groups in total. The Bertz CT molecular complexity index is 1400. The highest BCUT2D eigenvalue weighted by molar-refractivity contribution is 7.99. The van der Waals surface area contributed by atoms with Gasteiger partial charge < -0.3 is 4.74 Å². The normalized spacial score (nSPS) is 10.5. The molecule has 0 aliphatic rings. The monoisotopic (exact) mass is 428 g/mol. The van der Waals surface area contributed by atoms with Crippen molar-refractivity contribution in [3.63, 3.8) is 0 Å². The van der Waals surface area contributed by atoms with Crippen LogP contribution in [0.2, 0.25) is 0 Å². The van der Waals surface area contributed by atoms with Crippen LogP contribution in [0.15, 0.2) is 76.5 Å². The molecule has 3 nitrogen and oxygen atoms in total. The van der Waals surface area contributed by atoms with Gasteiger partial charge in [0.2, 0.25) is 0 Å². The van der Waals surface area contributed by atoms with E-state index in [1.165, 1.54) is 0 Å². The van der Waals surface area contributed by atoms with Gasteiger partial charge in [0.05, 0.1) is 4.90 Å². The molecule has 6 heteroatoms. The summed E-state index contributed by atoms with van der Waals surface area (Å²) in [7, 11) is 0. The molecule has 4 aromatic rings. The second-order valence-electron chi connectivity index (χ2n) is 6.71. The number of nitriles is 2. The highest BCUT2D eigenvalue weighted by Gasteiger charge is 2.28. The first-order chi connectivity index (χ1) is 15.0. The zero-order valence-corrected chi connectivity index (χ0v) is 17.1. The molecule has 4 rings (SSSR count). The summed E-state index contributed by atoms with van der Waals surface area (Å²) in [4.78, 5) is 0.493. The summed E-state index contributed by atoms with van der Waals surface area (Å²) in [6.45, 7) is 1.84. The van der Waals surface area contributed by atoms with Crippen molar-refractivity contribution in [2.75, 3.05) is 0 Å². The lowest BCUT2D eigenvalue weighted by Crippen LogP contribution is -2.03. The number of benzene rings is 4. The maximum absolute atomic E-state index is 15.4. The maximum atomic E-state index is 15.4. The highest BCUT2D eigenvalue weighted by Crippen LogP contribution is 2.45. The van der Waals surface area contributed by atoms with Crippen molar-refractivity contribution < 1.29 is 13.5 Å². The lowest BCUT2D eigenvalue weighted by Gasteiger charge is -2.16. The number of hydrogen-bond acceptors (Lipinski definition) is 4. The van der Waals surface area contributed by atoms with E-state index in [-0.39, 0.29) is 4.90 Å². The number of ether oxygens (including phenoxy) is 1. The average Bonchev–Trinajstić information content (AvgIpc) is 2.79. The van der Waals surface area contributed by atoms with Gasteiger partial charge in [-0.15, -0.1) is 0 Å². The third-order valence-electron chi connectivity index (χ3n) is 4.78. The van der Waals surface area contributed by atoms with Crippen LogP contribution in [-0.2, 0) is 0 Å². The van der Waals surface area contributed by atoms with Crippen molar-refractivity contribution in [3.8, 4) is 23.6 Å². The molecule has 0 saturated carbocycles. The van der Waals surface area contributed by atoms with E-state index in [2.05, 4.69) is 0 Å². The van der Waals surface area contributed by atoms with E-state index in [0.717, 1.165) is 22.7 Å². The van der Waals surface area contributed by atoms with Gasteiger partial charge in [-0.25, -0.2) is 8.78 Å². The molecule has 0 radical (unpaired) electrons. The maximum Gasteiger partial charge on any atom is 0.186 e. The van der Waals surface area contributed by atoms with Crippen LogP contribution in [0.4, 0.5) is 8.78 Å². The predicted octanol–water partition coefficient (Wildman–Crippen LogP) is 7.11. The molecule has 0 saturated heterocycles. The van der Waals surface area contributed by atoms with Crippen LogP contribution in [-0.4, -0.2) is 0 Å². The fourth-order valence-corrected chi connectivity index (χ4v) is 4.22. The van der Waals surface area contributed by atoms with E-state index in [1.54, 1.807) is 36.4 Å². The molecule has 0 aliphatic carbocycles. The molecule has 0 bridgehead atoms. The van der Waals surface area contributed by atoms with E-state index >= 15 is 8.78 Å². The summed E-state index contributed by atoms with van der Waals surface area (Å²) in [6.07, 6.45) is 0. The fourth-order valence-electron chi connectivity index (χ4n) is 3.21.